The molecule has 1 amide bonds. The van der Waals surface area contributed by atoms with Crippen LogP contribution in [0.4, 0.5) is 0 Å². The maximum Gasteiger partial charge on any atom is 0.327 e. The van der Waals surface area contributed by atoms with Crippen molar-refractivity contribution >= 4 is 23.6 Å². The van der Waals surface area contributed by atoms with E-state index in [0.717, 1.165) is 11.3 Å². The Morgan fingerprint density at radius 1 is 1.50 bits per heavy atom. The van der Waals surface area contributed by atoms with Crippen molar-refractivity contribution in [2.75, 3.05) is 18.2 Å². The molecule has 0 radical (unpaired) electrons. The summed E-state index contributed by atoms with van der Waals surface area (Å²) in [6.45, 7) is 2.23. The molecule has 0 spiro atoms. The van der Waals surface area contributed by atoms with Gasteiger partial charge < -0.3 is 14.7 Å². The molecule has 1 aromatic rings. The summed E-state index contributed by atoms with van der Waals surface area (Å²) in [4.78, 5) is 24.4. The first-order valence-electron chi connectivity index (χ1n) is 6.37. The normalized spacial score (nSPS) is 18.1. The molecule has 20 heavy (non-hydrogen) atoms. The minimum Gasteiger partial charge on any atom is -0.493 e. The second kappa shape index (κ2) is 6.65. The van der Waals surface area contributed by atoms with E-state index >= 15 is 0 Å². The van der Waals surface area contributed by atoms with E-state index in [1.807, 2.05) is 31.2 Å². The summed E-state index contributed by atoms with van der Waals surface area (Å²) < 4.78 is 5.51. The van der Waals surface area contributed by atoms with Crippen LogP contribution in [0.15, 0.2) is 24.3 Å². The van der Waals surface area contributed by atoms with E-state index in [1.54, 1.807) is 0 Å². The van der Waals surface area contributed by atoms with E-state index in [1.165, 1.54) is 16.7 Å². The van der Waals surface area contributed by atoms with Crippen molar-refractivity contribution in [1.82, 2.24) is 4.90 Å². The van der Waals surface area contributed by atoms with Crippen LogP contribution >= 0.6 is 11.8 Å². The van der Waals surface area contributed by atoms with Crippen LogP contribution in [0.1, 0.15) is 12.0 Å². The van der Waals surface area contributed by atoms with Gasteiger partial charge in [-0.3, -0.25) is 4.79 Å². The fourth-order valence-electron chi connectivity index (χ4n) is 2.00. The zero-order chi connectivity index (χ0) is 14.5. The molecule has 2 rings (SSSR count). The standard InChI is InChI=1S/C14H17NO4S/c1-10-3-2-4-11(7-10)19-6-5-13(16)15-9-20-8-12(15)14(17)18/h2-4,7,12H,5-6,8-9H2,1H3,(H,17,18). The average molecular weight is 295 g/mol. The summed E-state index contributed by atoms with van der Waals surface area (Å²) in [6, 6.07) is 6.90. The number of hydrogen-bond acceptors (Lipinski definition) is 4. The van der Waals surface area contributed by atoms with E-state index in [-0.39, 0.29) is 18.9 Å². The molecule has 1 aromatic carbocycles. The predicted octanol–water partition coefficient (Wildman–Crippen LogP) is 1.75. The molecule has 0 bridgehead atoms. The lowest BCUT2D eigenvalue weighted by molar-refractivity contribution is -0.147. The van der Waals surface area contributed by atoms with Crippen molar-refractivity contribution in [2.45, 2.75) is 19.4 Å². The van der Waals surface area contributed by atoms with Crippen LogP contribution in [-0.2, 0) is 9.59 Å². The molecule has 1 atom stereocenters. The third kappa shape index (κ3) is 3.66. The Kier molecular flexibility index (Phi) is 4.89. The number of nitrogens with zero attached hydrogens (tertiary/aromatic N) is 1. The van der Waals surface area contributed by atoms with Gasteiger partial charge in [0, 0.05) is 5.75 Å². The number of amides is 1. The Balaban J connectivity index is 1.82. The molecule has 1 saturated heterocycles. The van der Waals surface area contributed by atoms with Crippen molar-refractivity contribution in [2.24, 2.45) is 0 Å². The highest BCUT2D eigenvalue weighted by molar-refractivity contribution is 7.99. The van der Waals surface area contributed by atoms with Gasteiger partial charge in [-0.25, -0.2) is 4.79 Å². The molecule has 1 N–H and O–H groups in total. The van der Waals surface area contributed by atoms with E-state index in [2.05, 4.69) is 0 Å². The first-order chi connectivity index (χ1) is 9.58. The number of benzene rings is 1. The summed E-state index contributed by atoms with van der Waals surface area (Å²) >= 11 is 1.46. The molecular weight excluding hydrogens is 278 g/mol. The lowest BCUT2D eigenvalue weighted by atomic mass is 10.2. The van der Waals surface area contributed by atoms with Gasteiger partial charge in [0.1, 0.15) is 11.8 Å². The molecule has 0 saturated carbocycles. The fourth-order valence-corrected chi connectivity index (χ4v) is 3.17. The summed E-state index contributed by atoms with van der Waals surface area (Å²) in [6.07, 6.45) is 0.193. The van der Waals surface area contributed by atoms with E-state index in [0.29, 0.717) is 11.6 Å². The predicted molar refractivity (Wildman–Crippen MR) is 76.9 cm³/mol. The van der Waals surface area contributed by atoms with Crippen LogP contribution in [-0.4, -0.2) is 46.2 Å². The first-order valence-corrected chi connectivity index (χ1v) is 7.53. The van der Waals surface area contributed by atoms with Crippen molar-refractivity contribution in [3.05, 3.63) is 29.8 Å². The maximum atomic E-state index is 12.0. The Morgan fingerprint density at radius 2 is 2.30 bits per heavy atom. The van der Waals surface area contributed by atoms with Gasteiger partial charge >= 0.3 is 5.97 Å². The molecule has 1 fully saturated rings. The van der Waals surface area contributed by atoms with Gasteiger partial charge in [0.05, 0.1) is 18.9 Å². The van der Waals surface area contributed by atoms with Gasteiger partial charge in [-0.2, -0.15) is 0 Å². The molecule has 1 unspecified atom stereocenters. The number of carbonyl (C=O) groups excluding carboxylic acids is 1. The minimum absolute atomic E-state index is 0.171. The molecule has 1 aliphatic rings. The van der Waals surface area contributed by atoms with Gasteiger partial charge in [-0.15, -0.1) is 11.8 Å². The molecule has 6 heteroatoms. The first kappa shape index (κ1) is 14.7. The SMILES string of the molecule is Cc1cccc(OCCC(=O)N2CSCC2C(=O)O)c1. The highest BCUT2D eigenvalue weighted by Crippen LogP contribution is 2.22. The Morgan fingerprint density at radius 3 is 3.00 bits per heavy atom. The number of thioether (sulfide) groups is 1. The molecule has 0 aliphatic carbocycles. The highest BCUT2D eigenvalue weighted by Gasteiger charge is 2.34. The lowest BCUT2D eigenvalue weighted by Crippen LogP contribution is -2.42. The largest absolute Gasteiger partial charge is 0.493 e. The number of aliphatic carboxylic acids is 1. The van der Waals surface area contributed by atoms with Crippen molar-refractivity contribution in [1.29, 1.82) is 0 Å². The van der Waals surface area contributed by atoms with Crippen LogP contribution in [0.3, 0.4) is 0 Å². The molecule has 1 heterocycles. The van der Waals surface area contributed by atoms with Crippen LogP contribution < -0.4 is 4.74 Å². The third-order valence-corrected chi connectivity index (χ3v) is 4.07. The zero-order valence-electron chi connectivity index (χ0n) is 11.2. The molecule has 108 valence electrons. The van der Waals surface area contributed by atoms with Crippen LogP contribution in [0, 0.1) is 6.92 Å². The van der Waals surface area contributed by atoms with Crippen LogP contribution in [0.25, 0.3) is 0 Å². The number of hydrogen-bond donors (Lipinski definition) is 1. The summed E-state index contributed by atoms with van der Waals surface area (Å²) in [5.74, 6) is 0.515. The zero-order valence-corrected chi connectivity index (χ0v) is 12.1. The number of carboxylic acids is 1. The average Bonchev–Trinajstić information content (AvgIpc) is 2.88. The molecular formula is C14H17NO4S. The monoisotopic (exact) mass is 295 g/mol. The maximum absolute atomic E-state index is 12.0. The van der Waals surface area contributed by atoms with Crippen molar-refractivity contribution in [3.63, 3.8) is 0 Å². The van der Waals surface area contributed by atoms with Gasteiger partial charge in [0.15, 0.2) is 0 Å². The summed E-state index contributed by atoms with van der Waals surface area (Å²) in [5.41, 5.74) is 1.09. The summed E-state index contributed by atoms with van der Waals surface area (Å²) in [5, 5.41) is 9.03. The number of rotatable bonds is 5. The van der Waals surface area contributed by atoms with Gasteiger partial charge in [-0.05, 0) is 24.6 Å². The van der Waals surface area contributed by atoms with Gasteiger partial charge in [0.2, 0.25) is 5.91 Å². The number of ether oxygens (including phenoxy) is 1. The second-order valence-electron chi connectivity index (χ2n) is 4.63. The Hall–Kier alpha value is -1.69. The third-order valence-electron chi connectivity index (χ3n) is 3.06. The topological polar surface area (TPSA) is 66.8 Å². The van der Waals surface area contributed by atoms with E-state index in [9.17, 15) is 9.59 Å². The van der Waals surface area contributed by atoms with Gasteiger partial charge in [0.25, 0.3) is 0 Å². The quantitative estimate of drug-likeness (QED) is 0.896. The summed E-state index contributed by atoms with van der Waals surface area (Å²) in [7, 11) is 0. The van der Waals surface area contributed by atoms with Crippen molar-refractivity contribution < 1.29 is 19.4 Å². The molecule has 5 nitrogen and oxygen atoms in total. The van der Waals surface area contributed by atoms with E-state index in [4.69, 9.17) is 9.84 Å². The lowest BCUT2D eigenvalue weighted by Gasteiger charge is -2.20. The van der Waals surface area contributed by atoms with Gasteiger partial charge in [-0.1, -0.05) is 12.1 Å². The van der Waals surface area contributed by atoms with Crippen LogP contribution in [0.5, 0.6) is 5.75 Å². The molecule has 0 aromatic heterocycles. The second-order valence-corrected chi connectivity index (χ2v) is 5.63. The molecule has 1 aliphatic heterocycles. The smallest absolute Gasteiger partial charge is 0.327 e. The Labute approximate surface area is 121 Å². The number of carbonyl (C=O) groups is 2. The number of carboxylic acid groups (broad SMARTS) is 1. The highest BCUT2D eigenvalue weighted by atomic mass is 32.2. The van der Waals surface area contributed by atoms with Crippen LogP contribution in [0.2, 0.25) is 0 Å². The minimum atomic E-state index is -0.942. The number of aryl methyl sites for hydroxylation is 1. The fraction of sp³-hybridized carbons (Fsp3) is 0.429. The van der Waals surface area contributed by atoms with E-state index < -0.39 is 12.0 Å². The van der Waals surface area contributed by atoms with Crippen molar-refractivity contribution in [3.8, 4) is 5.75 Å². The Bertz CT molecular complexity index is 506.